The highest BCUT2D eigenvalue weighted by molar-refractivity contribution is 5.94. The van der Waals surface area contributed by atoms with Crippen LogP contribution in [0.4, 0.5) is 0 Å². The van der Waals surface area contributed by atoms with E-state index in [0.29, 0.717) is 12.0 Å². The van der Waals surface area contributed by atoms with Crippen molar-refractivity contribution in [3.05, 3.63) is 48.5 Å². The lowest BCUT2D eigenvalue weighted by Gasteiger charge is -2.02. The third kappa shape index (κ3) is 3.84. The standard InChI is InChI=1S/C14H16O5/c1-4-7-10-11(9-12(15)17-6-3)19-14(16)13(10)18-8-5-2/h4-5,9H,1-2,6-8H2,3H3/b11-9+. The van der Waals surface area contributed by atoms with Gasteiger partial charge in [0.15, 0.2) is 0 Å². The van der Waals surface area contributed by atoms with Gasteiger partial charge in [-0.25, -0.2) is 9.59 Å². The zero-order chi connectivity index (χ0) is 14.3. The summed E-state index contributed by atoms with van der Waals surface area (Å²) in [6.45, 7) is 9.21. The molecule has 1 aliphatic rings. The summed E-state index contributed by atoms with van der Waals surface area (Å²) in [4.78, 5) is 23.0. The molecule has 1 rings (SSSR count). The van der Waals surface area contributed by atoms with Crippen molar-refractivity contribution < 1.29 is 23.8 Å². The van der Waals surface area contributed by atoms with Gasteiger partial charge in [0.2, 0.25) is 5.76 Å². The first-order valence-electron chi connectivity index (χ1n) is 5.82. The van der Waals surface area contributed by atoms with E-state index in [1.165, 1.54) is 6.08 Å². The van der Waals surface area contributed by atoms with Crippen LogP contribution < -0.4 is 0 Å². The minimum atomic E-state index is -0.630. The number of carbonyl (C=O) groups is 2. The Morgan fingerprint density at radius 1 is 1.37 bits per heavy atom. The van der Waals surface area contributed by atoms with Crippen molar-refractivity contribution in [2.75, 3.05) is 13.2 Å². The summed E-state index contributed by atoms with van der Waals surface area (Å²) in [7, 11) is 0. The van der Waals surface area contributed by atoms with E-state index in [0.717, 1.165) is 6.08 Å². The van der Waals surface area contributed by atoms with Gasteiger partial charge >= 0.3 is 11.9 Å². The molecule has 1 heterocycles. The largest absolute Gasteiger partial charge is 0.482 e. The van der Waals surface area contributed by atoms with Crippen LogP contribution in [0.2, 0.25) is 0 Å². The maximum absolute atomic E-state index is 11.6. The Morgan fingerprint density at radius 2 is 2.11 bits per heavy atom. The number of hydrogen-bond donors (Lipinski definition) is 0. The molecule has 0 aliphatic carbocycles. The lowest BCUT2D eigenvalue weighted by atomic mass is 10.1. The molecule has 5 nitrogen and oxygen atoms in total. The maximum atomic E-state index is 11.6. The first-order valence-corrected chi connectivity index (χ1v) is 5.82. The second-order valence-electron chi connectivity index (χ2n) is 3.55. The van der Waals surface area contributed by atoms with Gasteiger partial charge in [0, 0.05) is 5.57 Å². The molecule has 19 heavy (non-hydrogen) atoms. The van der Waals surface area contributed by atoms with Crippen LogP contribution in [0, 0.1) is 0 Å². The SMILES string of the molecule is C=CCOC1=C(CC=C)/C(=C\C(=O)OCC)OC1=O. The van der Waals surface area contributed by atoms with Gasteiger partial charge in [-0.1, -0.05) is 18.7 Å². The lowest BCUT2D eigenvalue weighted by molar-refractivity contribution is -0.138. The topological polar surface area (TPSA) is 61.8 Å². The Labute approximate surface area is 111 Å². The summed E-state index contributed by atoms with van der Waals surface area (Å²) in [6.07, 6.45) is 4.58. The zero-order valence-corrected chi connectivity index (χ0v) is 10.8. The molecule has 0 aromatic rings. The molecule has 1 aliphatic heterocycles. The smallest absolute Gasteiger partial charge is 0.379 e. The van der Waals surface area contributed by atoms with Crippen LogP contribution >= 0.6 is 0 Å². The summed E-state index contributed by atoms with van der Waals surface area (Å²) >= 11 is 0. The predicted octanol–water partition coefficient (Wildman–Crippen LogP) is 2.02. The fourth-order valence-corrected chi connectivity index (χ4v) is 1.48. The molecule has 0 amide bonds. The van der Waals surface area contributed by atoms with Gasteiger partial charge < -0.3 is 14.2 Å². The number of allylic oxidation sites excluding steroid dienone is 2. The molecule has 0 atom stereocenters. The number of ether oxygens (including phenoxy) is 3. The van der Waals surface area contributed by atoms with Crippen LogP contribution in [0.25, 0.3) is 0 Å². The molecule has 0 N–H and O–H groups in total. The molecular formula is C14H16O5. The molecule has 0 radical (unpaired) electrons. The van der Waals surface area contributed by atoms with E-state index in [1.54, 1.807) is 13.0 Å². The quantitative estimate of drug-likeness (QED) is 0.400. The zero-order valence-electron chi connectivity index (χ0n) is 10.8. The van der Waals surface area contributed by atoms with Gasteiger partial charge in [-0.3, -0.25) is 0 Å². The fraction of sp³-hybridized carbons (Fsp3) is 0.286. The van der Waals surface area contributed by atoms with Crippen molar-refractivity contribution in [3.8, 4) is 0 Å². The first-order chi connectivity index (χ1) is 9.13. The third-order valence-corrected chi connectivity index (χ3v) is 2.19. The van der Waals surface area contributed by atoms with Crippen molar-refractivity contribution in [2.45, 2.75) is 13.3 Å². The molecule has 0 aromatic carbocycles. The van der Waals surface area contributed by atoms with Crippen LogP contribution in [0.15, 0.2) is 48.5 Å². The second kappa shape index (κ2) is 7.20. The average molecular weight is 264 g/mol. The molecule has 0 unspecified atom stereocenters. The number of cyclic esters (lactones) is 1. The van der Waals surface area contributed by atoms with Crippen LogP contribution in [0.3, 0.4) is 0 Å². The van der Waals surface area contributed by atoms with Gasteiger partial charge in [-0.05, 0) is 13.3 Å². The van der Waals surface area contributed by atoms with Gasteiger partial charge in [-0.15, -0.1) is 6.58 Å². The molecule has 0 fully saturated rings. The van der Waals surface area contributed by atoms with Crippen LogP contribution in [0.5, 0.6) is 0 Å². The Hall–Kier alpha value is -2.30. The molecule has 102 valence electrons. The van der Waals surface area contributed by atoms with Gasteiger partial charge in [-0.2, -0.15) is 0 Å². The molecule has 0 aromatic heterocycles. The van der Waals surface area contributed by atoms with Gasteiger partial charge in [0.25, 0.3) is 0 Å². The highest BCUT2D eigenvalue weighted by Gasteiger charge is 2.31. The van der Waals surface area contributed by atoms with E-state index >= 15 is 0 Å². The number of hydrogen-bond acceptors (Lipinski definition) is 5. The second-order valence-corrected chi connectivity index (χ2v) is 3.55. The maximum Gasteiger partial charge on any atom is 0.379 e. The van der Waals surface area contributed by atoms with Gasteiger partial charge in [0.1, 0.15) is 12.4 Å². The summed E-state index contributed by atoms with van der Waals surface area (Å²) in [5.41, 5.74) is 0.481. The number of rotatable bonds is 7. The molecule has 0 spiro atoms. The van der Waals surface area contributed by atoms with E-state index in [2.05, 4.69) is 13.2 Å². The van der Waals surface area contributed by atoms with Crippen molar-refractivity contribution in [1.29, 1.82) is 0 Å². The highest BCUT2D eigenvalue weighted by Crippen LogP contribution is 2.29. The minimum Gasteiger partial charge on any atom is -0.482 e. The summed E-state index contributed by atoms with van der Waals surface area (Å²) in [5.74, 6) is -0.983. The van der Waals surface area contributed by atoms with Crippen LogP contribution in [-0.2, 0) is 23.8 Å². The van der Waals surface area contributed by atoms with E-state index in [4.69, 9.17) is 14.2 Å². The fourth-order valence-electron chi connectivity index (χ4n) is 1.48. The Balaban J connectivity index is 3.02. The van der Waals surface area contributed by atoms with E-state index < -0.39 is 11.9 Å². The van der Waals surface area contributed by atoms with E-state index in [-0.39, 0.29) is 24.7 Å². The Kier molecular flexibility index (Phi) is 5.60. The molecule has 5 heteroatoms. The minimum absolute atomic E-state index is 0.0790. The average Bonchev–Trinajstić information content (AvgIpc) is 2.64. The Morgan fingerprint density at radius 3 is 2.68 bits per heavy atom. The number of esters is 2. The normalized spacial score (nSPS) is 16.3. The molecule has 0 saturated carbocycles. The summed E-state index contributed by atoms with van der Waals surface area (Å²) in [6, 6.07) is 0. The summed E-state index contributed by atoms with van der Waals surface area (Å²) < 4.78 is 15.0. The van der Waals surface area contributed by atoms with Crippen molar-refractivity contribution in [1.82, 2.24) is 0 Å². The van der Waals surface area contributed by atoms with Crippen LogP contribution in [-0.4, -0.2) is 25.2 Å². The molecular weight excluding hydrogens is 248 g/mol. The van der Waals surface area contributed by atoms with Crippen molar-refractivity contribution in [2.24, 2.45) is 0 Å². The lowest BCUT2D eigenvalue weighted by Crippen LogP contribution is -2.04. The predicted molar refractivity (Wildman–Crippen MR) is 68.8 cm³/mol. The van der Waals surface area contributed by atoms with Gasteiger partial charge in [0.05, 0.1) is 12.7 Å². The third-order valence-electron chi connectivity index (χ3n) is 2.19. The van der Waals surface area contributed by atoms with Crippen molar-refractivity contribution in [3.63, 3.8) is 0 Å². The molecule has 0 bridgehead atoms. The monoisotopic (exact) mass is 264 g/mol. The van der Waals surface area contributed by atoms with Crippen LogP contribution in [0.1, 0.15) is 13.3 Å². The van der Waals surface area contributed by atoms with E-state index in [1.807, 2.05) is 0 Å². The summed E-state index contributed by atoms with van der Waals surface area (Å²) in [5, 5.41) is 0. The number of carbonyl (C=O) groups excluding carboxylic acids is 2. The van der Waals surface area contributed by atoms with E-state index in [9.17, 15) is 9.59 Å². The van der Waals surface area contributed by atoms with Crippen molar-refractivity contribution >= 4 is 11.9 Å². The first kappa shape index (κ1) is 14.8. The Bertz CT molecular complexity index is 456. The molecule has 0 saturated heterocycles. The highest BCUT2D eigenvalue weighted by atomic mass is 16.6.